The standard InChI is InChI=1S/C21H20ClN3O3/c1-13-10-16(22)6-7-17(13)23-18(26)12-25-19(27)21(24-20(25)28)9-8-14-4-2-3-5-15(14)11-21/h2-7,10H,8-9,11-12H2,1H3,(H,23,26)(H,24,28). The van der Waals surface area contributed by atoms with Crippen molar-refractivity contribution in [2.24, 2.45) is 0 Å². The number of imide groups is 1. The zero-order chi connectivity index (χ0) is 19.9. The Bertz CT molecular complexity index is 991. The highest BCUT2D eigenvalue weighted by Gasteiger charge is 2.52. The summed E-state index contributed by atoms with van der Waals surface area (Å²) in [5.41, 5.74) is 2.71. The number of urea groups is 1. The number of nitrogens with one attached hydrogen (secondary N) is 2. The van der Waals surface area contributed by atoms with Crippen molar-refractivity contribution in [1.82, 2.24) is 10.2 Å². The topological polar surface area (TPSA) is 78.5 Å². The van der Waals surface area contributed by atoms with Crippen LogP contribution >= 0.6 is 11.6 Å². The van der Waals surface area contributed by atoms with E-state index in [0.29, 0.717) is 30.0 Å². The van der Waals surface area contributed by atoms with Gasteiger partial charge in [0, 0.05) is 17.1 Å². The predicted molar refractivity (Wildman–Crippen MR) is 106 cm³/mol. The summed E-state index contributed by atoms with van der Waals surface area (Å²) in [6.45, 7) is 1.50. The molecule has 4 amide bonds. The maximum atomic E-state index is 13.0. The van der Waals surface area contributed by atoms with Crippen LogP contribution in [0, 0.1) is 6.92 Å². The van der Waals surface area contributed by atoms with E-state index in [1.807, 2.05) is 31.2 Å². The zero-order valence-corrected chi connectivity index (χ0v) is 16.2. The first-order valence-electron chi connectivity index (χ1n) is 9.15. The number of carbonyl (C=O) groups excluding carboxylic acids is 3. The van der Waals surface area contributed by atoms with Crippen LogP contribution in [0.1, 0.15) is 23.1 Å². The predicted octanol–water partition coefficient (Wildman–Crippen LogP) is 3.07. The van der Waals surface area contributed by atoms with Crippen LogP contribution in [0.5, 0.6) is 0 Å². The molecule has 2 aliphatic rings. The lowest BCUT2D eigenvalue weighted by molar-refractivity contribution is -0.134. The van der Waals surface area contributed by atoms with Gasteiger partial charge in [0.05, 0.1) is 0 Å². The highest BCUT2D eigenvalue weighted by Crippen LogP contribution is 2.33. The Kier molecular flexibility index (Phi) is 4.59. The summed E-state index contributed by atoms with van der Waals surface area (Å²) in [6.07, 6.45) is 1.69. The van der Waals surface area contributed by atoms with Crippen LogP contribution < -0.4 is 10.6 Å². The first-order valence-corrected chi connectivity index (χ1v) is 9.53. The van der Waals surface area contributed by atoms with Gasteiger partial charge in [-0.25, -0.2) is 4.79 Å². The molecule has 0 saturated carbocycles. The summed E-state index contributed by atoms with van der Waals surface area (Å²) in [7, 11) is 0. The molecule has 1 aliphatic heterocycles. The number of amides is 4. The molecular weight excluding hydrogens is 378 g/mol. The minimum absolute atomic E-state index is 0.323. The number of anilines is 1. The van der Waals surface area contributed by atoms with Gasteiger partial charge in [0.15, 0.2) is 0 Å². The van der Waals surface area contributed by atoms with Crippen molar-refractivity contribution in [2.75, 3.05) is 11.9 Å². The van der Waals surface area contributed by atoms with Gasteiger partial charge >= 0.3 is 6.03 Å². The van der Waals surface area contributed by atoms with Crippen molar-refractivity contribution in [3.63, 3.8) is 0 Å². The highest BCUT2D eigenvalue weighted by atomic mass is 35.5. The van der Waals surface area contributed by atoms with Gasteiger partial charge < -0.3 is 10.6 Å². The van der Waals surface area contributed by atoms with Gasteiger partial charge in [-0.3, -0.25) is 14.5 Å². The quantitative estimate of drug-likeness (QED) is 0.781. The molecule has 28 heavy (non-hydrogen) atoms. The molecule has 2 aromatic rings. The number of aryl methyl sites for hydroxylation is 2. The van der Waals surface area contributed by atoms with E-state index in [-0.39, 0.29) is 12.5 Å². The molecule has 1 atom stereocenters. The largest absolute Gasteiger partial charge is 0.325 e. The van der Waals surface area contributed by atoms with Crippen molar-refractivity contribution in [3.05, 3.63) is 64.2 Å². The van der Waals surface area contributed by atoms with Crippen molar-refractivity contribution < 1.29 is 14.4 Å². The number of fused-ring (bicyclic) bond motifs is 1. The molecule has 6 nitrogen and oxygen atoms in total. The number of halogens is 1. The van der Waals surface area contributed by atoms with Crippen molar-refractivity contribution in [1.29, 1.82) is 0 Å². The molecule has 1 aliphatic carbocycles. The lowest BCUT2D eigenvalue weighted by atomic mass is 9.78. The normalized spacial score (nSPS) is 20.9. The molecule has 0 aromatic heterocycles. The summed E-state index contributed by atoms with van der Waals surface area (Å²) in [5, 5.41) is 6.15. The molecule has 2 aromatic carbocycles. The van der Waals surface area contributed by atoms with Crippen molar-refractivity contribution >= 4 is 35.1 Å². The van der Waals surface area contributed by atoms with Crippen LogP contribution in [0.25, 0.3) is 0 Å². The van der Waals surface area contributed by atoms with Crippen LogP contribution in [0.4, 0.5) is 10.5 Å². The zero-order valence-electron chi connectivity index (χ0n) is 15.4. The molecule has 1 fully saturated rings. The second-order valence-electron chi connectivity index (χ2n) is 7.36. The van der Waals surface area contributed by atoms with Gasteiger partial charge in [-0.2, -0.15) is 0 Å². The van der Waals surface area contributed by atoms with Crippen LogP contribution in [0.3, 0.4) is 0 Å². The van der Waals surface area contributed by atoms with E-state index >= 15 is 0 Å². The molecule has 0 radical (unpaired) electrons. The molecule has 1 unspecified atom stereocenters. The molecule has 0 bridgehead atoms. The number of hydrogen-bond acceptors (Lipinski definition) is 3. The number of benzene rings is 2. The molecule has 1 saturated heterocycles. The summed E-state index contributed by atoms with van der Waals surface area (Å²) < 4.78 is 0. The van der Waals surface area contributed by atoms with E-state index in [9.17, 15) is 14.4 Å². The fourth-order valence-electron chi connectivity index (χ4n) is 3.95. The van der Waals surface area contributed by atoms with Gasteiger partial charge in [-0.05, 0) is 54.7 Å². The van der Waals surface area contributed by atoms with Gasteiger partial charge in [0.2, 0.25) is 5.91 Å². The third kappa shape index (κ3) is 3.24. The summed E-state index contributed by atoms with van der Waals surface area (Å²) in [4.78, 5) is 39.0. The Morgan fingerprint density at radius 3 is 2.71 bits per heavy atom. The lowest BCUT2D eigenvalue weighted by Crippen LogP contribution is -2.51. The maximum absolute atomic E-state index is 13.0. The maximum Gasteiger partial charge on any atom is 0.325 e. The molecule has 1 heterocycles. The summed E-state index contributed by atoms with van der Waals surface area (Å²) in [5.74, 6) is -0.767. The van der Waals surface area contributed by atoms with E-state index in [1.54, 1.807) is 18.2 Å². The average Bonchev–Trinajstić information content (AvgIpc) is 2.88. The molecule has 4 rings (SSSR count). The van der Waals surface area contributed by atoms with E-state index in [2.05, 4.69) is 10.6 Å². The SMILES string of the molecule is Cc1cc(Cl)ccc1NC(=O)CN1C(=O)NC2(CCc3ccccc3C2)C1=O. The van der Waals surface area contributed by atoms with Crippen LogP contribution in [0.15, 0.2) is 42.5 Å². The van der Waals surface area contributed by atoms with Crippen molar-refractivity contribution in [3.8, 4) is 0 Å². The monoisotopic (exact) mass is 397 g/mol. The Labute approximate surface area is 167 Å². The third-order valence-electron chi connectivity index (χ3n) is 5.44. The van der Waals surface area contributed by atoms with E-state index in [4.69, 9.17) is 11.6 Å². The third-order valence-corrected chi connectivity index (χ3v) is 5.68. The van der Waals surface area contributed by atoms with Crippen LogP contribution in [-0.2, 0) is 22.4 Å². The van der Waals surface area contributed by atoms with Crippen LogP contribution in [0.2, 0.25) is 5.02 Å². The minimum atomic E-state index is -0.956. The highest BCUT2D eigenvalue weighted by molar-refractivity contribution is 6.30. The number of rotatable bonds is 3. The minimum Gasteiger partial charge on any atom is -0.324 e. The van der Waals surface area contributed by atoms with E-state index in [0.717, 1.165) is 16.0 Å². The molecule has 2 N–H and O–H groups in total. The number of carbonyl (C=O) groups is 3. The first-order chi connectivity index (χ1) is 13.4. The van der Waals surface area contributed by atoms with Gasteiger partial charge in [0.1, 0.15) is 12.1 Å². The Morgan fingerprint density at radius 1 is 1.21 bits per heavy atom. The Hall–Kier alpha value is -2.86. The smallest absolute Gasteiger partial charge is 0.324 e. The van der Waals surface area contributed by atoms with Crippen LogP contribution in [-0.4, -0.2) is 34.8 Å². The molecule has 144 valence electrons. The second-order valence-corrected chi connectivity index (χ2v) is 7.79. The number of hydrogen-bond donors (Lipinski definition) is 2. The first kappa shape index (κ1) is 18.5. The fraction of sp³-hybridized carbons (Fsp3) is 0.286. The summed E-state index contributed by atoms with van der Waals surface area (Å²) in [6, 6.07) is 12.5. The van der Waals surface area contributed by atoms with Gasteiger partial charge in [0.25, 0.3) is 5.91 Å². The number of nitrogens with zero attached hydrogens (tertiary/aromatic N) is 1. The van der Waals surface area contributed by atoms with Crippen molar-refractivity contribution in [2.45, 2.75) is 31.7 Å². The van der Waals surface area contributed by atoms with E-state index in [1.165, 1.54) is 5.56 Å². The van der Waals surface area contributed by atoms with E-state index < -0.39 is 17.5 Å². The van der Waals surface area contributed by atoms with Gasteiger partial charge in [-0.15, -0.1) is 0 Å². The average molecular weight is 398 g/mol. The Balaban J connectivity index is 1.48. The lowest BCUT2D eigenvalue weighted by Gasteiger charge is -2.32. The fourth-order valence-corrected chi connectivity index (χ4v) is 4.17. The molecule has 1 spiro atoms. The Morgan fingerprint density at radius 2 is 1.96 bits per heavy atom. The molecular formula is C21H20ClN3O3. The van der Waals surface area contributed by atoms with Gasteiger partial charge in [-0.1, -0.05) is 35.9 Å². The summed E-state index contributed by atoms with van der Waals surface area (Å²) >= 11 is 5.93. The molecule has 7 heteroatoms. The second kappa shape index (κ2) is 6.95.